The lowest BCUT2D eigenvalue weighted by Crippen LogP contribution is -2.41. The van der Waals surface area contributed by atoms with E-state index in [4.69, 9.17) is 14.9 Å². The van der Waals surface area contributed by atoms with Crippen molar-refractivity contribution in [3.63, 3.8) is 0 Å². The predicted molar refractivity (Wildman–Crippen MR) is 137 cm³/mol. The van der Waals surface area contributed by atoms with Crippen molar-refractivity contribution >= 4 is 35.7 Å². The summed E-state index contributed by atoms with van der Waals surface area (Å²) in [6, 6.07) is 6.43. The van der Waals surface area contributed by atoms with Crippen molar-refractivity contribution in [1.29, 1.82) is 0 Å². The molecule has 10 heteroatoms. The summed E-state index contributed by atoms with van der Waals surface area (Å²) in [5.74, 6) is -2.88. The quantitative estimate of drug-likeness (QED) is 0.415. The number of carbonyl (C=O) groups is 3. The van der Waals surface area contributed by atoms with Crippen LogP contribution in [0.15, 0.2) is 36.4 Å². The summed E-state index contributed by atoms with van der Waals surface area (Å²) in [6.45, 7) is 6.24. The van der Waals surface area contributed by atoms with Crippen LogP contribution in [0.5, 0.6) is 5.75 Å². The summed E-state index contributed by atoms with van der Waals surface area (Å²) in [7, 11) is 0. The van der Waals surface area contributed by atoms with Gasteiger partial charge >= 0.3 is 18.1 Å². The second-order valence-corrected chi connectivity index (χ2v) is 9.62. The van der Waals surface area contributed by atoms with Gasteiger partial charge in [-0.15, -0.1) is 0 Å². The van der Waals surface area contributed by atoms with E-state index < -0.39 is 30.1 Å². The first kappa shape index (κ1) is 28.5. The second-order valence-electron chi connectivity index (χ2n) is 9.62. The molecule has 0 saturated carbocycles. The Hall–Kier alpha value is -4.08. The predicted octanol–water partition coefficient (Wildman–Crippen LogP) is 5.83. The molecule has 2 aromatic carbocycles. The summed E-state index contributed by atoms with van der Waals surface area (Å²) >= 11 is 0. The monoisotopic (exact) mass is 531 g/mol. The van der Waals surface area contributed by atoms with Gasteiger partial charge in [0.15, 0.2) is 6.61 Å². The first-order valence-electron chi connectivity index (χ1n) is 11.8. The molecule has 0 aromatic heterocycles. The molecule has 1 amide bonds. The highest BCUT2D eigenvalue weighted by Gasteiger charge is 2.37. The first-order chi connectivity index (χ1) is 17.6. The Kier molecular flexibility index (Phi) is 8.04. The number of carbonyl (C=O) groups excluding carboxylic acids is 1. The normalized spacial score (nSPS) is 15.2. The number of hydrogen-bond donors (Lipinski definition) is 2. The van der Waals surface area contributed by atoms with E-state index in [1.807, 2.05) is 26.8 Å². The average molecular weight is 532 g/mol. The Bertz CT molecular complexity index is 1340. The van der Waals surface area contributed by atoms with Crippen molar-refractivity contribution in [2.24, 2.45) is 0 Å². The molecule has 0 fully saturated rings. The standard InChI is InChI=1S/C28H28F3NO6/c1-5-32-22-13-19(16(2)10-21(22)27(3,4)14-23(32)33)20-12-17(6-8-24(34)35)11-18(7-9-25(36)37)26(20)38-15-28(29,30)31/h6-13H,5,14-15H2,1-4H3,(H,34,35)(H,36,37). The molecule has 0 bridgehead atoms. The number of amides is 1. The molecule has 0 saturated heterocycles. The van der Waals surface area contributed by atoms with Crippen LogP contribution in [-0.4, -0.2) is 47.4 Å². The lowest BCUT2D eigenvalue weighted by Gasteiger charge is -2.39. The van der Waals surface area contributed by atoms with Crippen LogP contribution in [0.25, 0.3) is 23.3 Å². The number of anilines is 1. The number of carboxylic acids is 2. The highest BCUT2D eigenvalue weighted by molar-refractivity contribution is 5.99. The minimum absolute atomic E-state index is 0.0139. The van der Waals surface area contributed by atoms with Gasteiger partial charge in [0.2, 0.25) is 5.91 Å². The number of benzene rings is 2. The van der Waals surface area contributed by atoms with Crippen molar-refractivity contribution in [1.82, 2.24) is 0 Å². The number of ether oxygens (including phenoxy) is 1. The van der Waals surface area contributed by atoms with Crippen molar-refractivity contribution < 1.29 is 42.5 Å². The van der Waals surface area contributed by atoms with Crippen LogP contribution in [0, 0.1) is 6.92 Å². The number of aryl methyl sites for hydroxylation is 1. The van der Waals surface area contributed by atoms with Gasteiger partial charge in [-0.2, -0.15) is 13.2 Å². The van der Waals surface area contributed by atoms with Gasteiger partial charge in [-0.1, -0.05) is 19.9 Å². The van der Waals surface area contributed by atoms with Gasteiger partial charge in [-0.25, -0.2) is 9.59 Å². The van der Waals surface area contributed by atoms with Gasteiger partial charge in [0.1, 0.15) is 5.75 Å². The molecule has 0 aliphatic carbocycles. The zero-order valence-electron chi connectivity index (χ0n) is 21.3. The van der Waals surface area contributed by atoms with Gasteiger partial charge in [0, 0.05) is 47.3 Å². The van der Waals surface area contributed by atoms with Crippen LogP contribution in [0.4, 0.5) is 18.9 Å². The van der Waals surface area contributed by atoms with E-state index in [1.54, 1.807) is 17.9 Å². The third-order valence-corrected chi connectivity index (χ3v) is 6.21. The number of nitrogens with zero attached hydrogens (tertiary/aromatic N) is 1. The van der Waals surface area contributed by atoms with Crippen LogP contribution < -0.4 is 9.64 Å². The van der Waals surface area contributed by atoms with Crippen molar-refractivity contribution in [2.75, 3.05) is 18.1 Å². The number of fused-ring (bicyclic) bond motifs is 1. The molecular weight excluding hydrogens is 503 g/mol. The lowest BCUT2D eigenvalue weighted by molar-refractivity contribution is -0.153. The fraction of sp³-hybridized carbons (Fsp3) is 0.321. The van der Waals surface area contributed by atoms with Crippen LogP contribution in [0.1, 0.15) is 49.4 Å². The van der Waals surface area contributed by atoms with Crippen LogP contribution in [0.3, 0.4) is 0 Å². The van der Waals surface area contributed by atoms with Gasteiger partial charge in [0.05, 0.1) is 0 Å². The largest absolute Gasteiger partial charge is 0.483 e. The average Bonchev–Trinajstić information content (AvgIpc) is 2.79. The molecule has 2 N–H and O–H groups in total. The molecule has 1 aliphatic rings. The van der Waals surface area contributed by atoms with E-state index >= 15 is 0 Å². The van der Waals surface area contributed by atoms with Gasteiger partial charge in [0.25, 0.3) is 0 Å². The fourth-order valence-corrected chi connectivity index (χ4v) is 4.54. The highest BCUT2D eigenvalue weighted by Crippen LogP contribution is 2.46. The molecule has 0 unspecified atom stereocenters. The summed E-state index contributed by atoms with van der Waals surface area (Å²) in [5.41, 5.74) is 2.70. The second kappa shape index (κ2) is 10.7. The van der Waals surface area contributed by atoms with E-state index in [-0.39, 0.29) is 22.8 Å². The molecule has 38 heavy (non-hydrogen) atoms. The molecule has 7 nitrogen and oxygen atoms in total. The number of alkyl halides is 3. The molecule has 1 aliphatic heterocycles. The third-order valence-electron chi connectivity index (χ3n) is 6.21. The van der Waals surface area contributed by atoms with E-state index in [0.717, 1.165) is 23.8 Å². The SMILES string of the molecule is CCN1C(=O)CC(C)(C)c2cc(C)c(-c3cc(C=CC(=O)O)cc(C=CC(=O)O)c3OCC(F)(F)F)cc21. The van der Waals surface area contributed by atoms with Gasteiger partial charge < -0.3 is 19.8 Å². The first-order valence-corrected chi connectivity index (χ1v) is 11.8. The topological polar surface area (TPSA) is 104 Å². The van der Waals surface area contributed by atoms with Crippen molar-refractivity contribution in [3.05, 3.63) is 58.7 Å². The minimum atomic E-state index is -4.67. The summed E-state index contributed by atoms with van der Waals surface area (Å²) in [5, 5.41) is 18.2. The fourth-order valence-electron chi connectivity index (χ4n) is 4.54. The zero-order chi connectivity index (χ0) is 28.4. The molecule has 0 atom stereocenters. The van der Waals surface area contributed by atoms with Crippen LogP contribution >= 0.6 is 0 Å². The highest BCUT2D eigenvalue weighted by atomic mass is 19.4. The van der Waals surface area contributed by atoms with Crippen LogP contribution in [0.2, 0.25) is 0 Å². The zero-order valence-corrected chi connectivity index (χ0v) is 21.3. The number of aliphatic carboxylic acids is 2. The molecule has 1 heterocycles. The van der Waals surface area contributed by atoms with E-state index in [0.29, 0.717) is 35.3 Å². The lowest BCUT2D eigenvalue weighted by atomic mass is 9.75. The molecule has 3 rings (SSSR count). The number of carboxylic acid groups (broad SMARTS) is 2. The molecular formula is C28H28F3NO6. The molecule has 0 radical (unpaired) electrons. The Morgan fingerprint density at radius 1 is 1.05 bits per heavy atom. The summed E-state index contributed by atoms with van der Waals surface area (Å²) in [6.07, 6.45) is -0.423. The maximum atomic E-state index is 13.2. The number of halogens is 3. The van der Waals surface area contributed by atoms with Crippen molar-refractivity contribution in [2.45, 2.75) is 45.7 Å². The smallest absolute Gasteiger partial charge is 0.422 e. The summed E-state index contributed by atoms with van der Waals surface area (Å²) < 4.78 is 44.8. The number of hydrogen-bond acceptors (Lipinski definition) is 4. The van der Waals surface area contributed by atoms with E-state index in [2.05, 4.69) is 0 Å². The minimum Gasteiger partial charge on any atom is -0.483 e. The van der Waals surface area contributed by atoms with E-state index in [9.17, 15) is 27.6 Å². The Balaban J connectivity index is 2.37. The molecule has 2 aromatic rings. The van der Waals surface area contributed by atoms with Gasteiger partial charge in [-0.05, 0) is 66.5 Å². The number of rotatable bonds is 8. The van der Waals surface area contributed by atoms with Crippen molar-refractivity contribution in [3.8, 4) is 16.9 Å². The van der Waals surface area contributed by atoms with Crippen LogP contribution in [-0.2, 0) is 19.8 Å². The Morgan fingerprint density at radius 2 is 1.68 bits per heavy atom. The Morgan fingerprint density at radius 3 is 2.26 bits per heavy atom. The molecule has 0 spiro atoms. The summed E-state index contributed by atoms with van der Waals surface area (Å²) in [4.78, 5) is 36.8. The third kappa shape index (κ3) is 6.42. The Labute approximate surface area is 217 Å². The van der Waals surface area contributed by atoms with E-state index in [1.165, 1.54) is 18.2 Å². The van der Waals surface area contributed by atoms with Gasteiger partial charge in [-0.3, -0.25) is 4.79 Å². The maximum absolute atomic E-state index is 13.2. The molecule has 202 valence electrons. The maximum Gasteiger partial charge on any atom is 0.422 e.